The molecule has 3 aromatic rings. The summed E-state index contributed by atoms with van der Waals surface area (Å²) in [6.45, 7) is 4.65. The summed E-state index contributed by atoms with van der Waals surface area (Å²) in [5.41, 5.74) is 4.23. The molecule has 0 aliphatic carbocycles. The Labute approximate surface area is 196 Å². The molecule has 6 heteroatoms. The summed E-state index contributed by atoms with van der Waals surface area (Å²) < 4.78 is 27.4. The van der Waals surface area contributed by atoms with Crippen molar-refractivity contribution in [2.75, 3.05) is 13.1 Å². The molecule has 1 atom stereocenters. The first kappa shape index (κ1) is 23.2. The van der Waals surface area contributed by atoms with Gasteiger partial charge in [0.25, 0.3) is 0 Å². The first-order chi connectivity index (χ1) is 15.8. The molecule has 1 amide bonds. The lowest BCUT2D eigenvalue weighted by Crippen LogP contribution is -2.43. The van der Waals surface area contributed by atoms with E-state index in [1.165, 1.54) is 9.87 Å². The van der Waals surface area contributed by atoms with Crippen LogP contribution in [-0.4, -0.2) is 31.7 Å². The molecule has 5 nitrogen and oxygen atoms in total. The van der Waals surface area contributed by atoms with Crippen molar-refractivity contribution in [1.29, 1.82) is 0 Å². The highest BCUT2D eigenvalue weighted by molar-refractivity contribution is 7.89. The van der Waals surface area contributed by atoms with Crippen LogP contribution in [0.4, 0.5) is 0 Å². The lowest BCUT2D eigenvalue weighted by atomic mass is 9.94. The maximum atomic E-state index is 13.2. The van der Waals surface area contributed by atoms with Crippen LogP contribution in [0.1, 0.15) is 41.1 Å². The number of carbonyl (C=O) groups excluding carboxylic acids is 1. The lowest BCUT2D eigenvalue weighted by molar-refractivity contribution is -0.126. The topological polar surface area (TPSA) is 66.5 Å². The molecule has 33 heavy (non-hydrogen) atoms. The molecule has 1 N–H and O–H groups in total. The van der Waals surface area contributed by atoms with E-state index >= 15 is 0 Å². The smallest absolute Gasteiger partial charge is 0.243 e. The Balaban J connectivity index is 1.45. The van der Waals surface area contributed by atoms with Gasteiger partial charge in [-0.15, -0.1) is 0 Å². The number of carbonyl (C=O) groups is 1. The molecule has 1 aliphatic rings. The minimum absolute atomic E-state index is 0.0307. The van der Waals surface area contributed by atoms with Crippen LogP contribution in [0.15, 0.2) is 83.8 Å². The van der Waals surface area contributed by atoms with Crippen LogP contribution in [-0.2, 0) is 14.8 Å². The van der Waals surface area contributed by atoms with E-state index in [9.17, 15) is 13.2 Å². The first-order valence-electron chi connectivity index (χ1n) is 11.3. The molecule has 0 unspecified atom stereocenters. The van der Waals surface area contributed by atoms with Gasteiger partial charge in [-0.2, -0.15) is 4.31 Å². The third-order valence-corrected chi connectivity index (χ3v) is 8.23. The highest BCUT2D eigenvalue weighted by Crippen LogP contribution is 2.27. The third kappa shape index (κ3) is 5.34. The molecule has 4 rings (SSSR count). The Morgan fingerprint density at radius 1 is 0.818 bits per heavy atom. The van der Waals surface area contributed by atoms with Crippen LogP contribution >= 0.6 is 0 Å². The highest BCUT2D eigenvalue weighted by Gasteiger charge is 2.33. The molecule has 0 saturated carbocycles. The Morgan fingerprint density at radius 2 is 1.33 bits per heavy atom. The normalized spacial score (nSPS) is 16.3. The molecule has 1 saturated heterocycles. The Morgan fingerprint density at radius 3 is 1.91 bits per heavy atom. The second-order valence-electron chi connectivity index (χ2n) is 8.75. The fraction of sp³-hybridized carbons (Fsp3) is 0.296. The maximum Gasteiger partial charge on any atom is 0.243 e. The van der Waals surface area contributed by atoms with Crippen molar-refractivity contribution in [2.24, 2.45) is 5.92 Å². The van der Waals surface area contributed by atoms with E-state index in [2.05, 4.69) is 5.32 Å². The minimum Gasteiger partial charge on any atom is -0.345 e. The molecule has 0 radical (unpaired) electrons. The number of hydrogen-bond donors (Lipinski definition) is 1. The quantitative estimate of drug-likeness (QED) is 0.582. The van der Waals surface area contributed by atoms with E-state index in [4.69, 9.17) is 0 Å². The fourth-order valence-corrected chi connectivity index (χ4v) is 5.71. The number of amides is 1. The molecule has 172 valence electrons. The van der Waals surface area contributed by atoms with Crippen molar-refractivity contribution >= 4 is 15.9 Å². The number of sulfonamides is 1. The summed E-state index contributed by atoms with van der Waals surface area (Å²) in [6, 6.07) is 24.8. The third-order valence-electron chi connectivity index (χ3n) is 6.31. The van der Waals surface area contributed by atoms with Crippen molar-refractivity contribution in [3.05, 3.63) is 101 Å². The zero-order chi connectivity index (χ0) is 23.4. The van der Waals surface area contributed by atoms with Crippen LogP contribution in [0, 0.1) is 19.8 Å². The van der Waals surface area contributed by atoms with Gasteiger partial charge in [0.1, 0.15) is 0 Å². The molecule has 1 aliphatic heterocycles. The number of nitrogens with one attached hydrogen (secondary N) is 1. The van der Waals surface area contributed by atoms with E-state index in [0.717, 1.165) is 16.7 Å². The zero-order valence-electron chi connectivity index (χ0n) is 19.1. The molecule has 0 spiro atoms. The first-order valence-corrected chi connectivity index (χ1v) is 12.8. The summed E-state index contributed by atoms with van der Waals surface area (Å²) in [5, 5.41) is 3.22. The van der Waals surface area contributed by atoms with E-state index < -0.39 is 10.0 Å². The summed E-state index contributed by atoms with van der Waals surface area (Å²) >= 11 is 0. The van der Waals surface area contributed by atoms with Crippen molar-refractivity contribution in [3.63, 3.8) is 0 Å². The number of piperidine rings is 1. The Bertz CT molecular complexity index is 1180. The minimum atomic E-state index is -3.54. The lowest BCUT2D eigenvalue weighted by Gasteiger charge is -2.31. The van der Waals surface area contributed by atoms with Gasteiger partial charge in [-0.25, -0.2) is 8.42 Å². The van der Waals surface area contributed by atoms with Crippen LogP contribution in [0.3, 0.4) is 0 Å². The average Bonchev–Trinajstić information content (AvgIpc) is 2.84. The fourth-order valence-electron chi connectivity index (χ4n) is 4.24. The monoisotopic (exact) mass is 462 g/mol. The average molecular weight is 463 g/mol. The van der Waals surface area contributed by atoms with Crippen molar-refractivity contribution in [2.45, 2.75) is 37.6 Å². The van der Waals surface area contributed by atoms with Crippen molar-refractivity contribution in [1.82, 2.24) is 9.62 Å². The molecule has 3 aromatic carbocycles. The second kappa shape index (κ2) is 9.89. The van der Waals surface area contributed by atoms with Gasteiger partial charge >= 0.3 is 0 Å². The maximum absolute atomic E-state index is 13.2. The van der Waals surface area contributed by atoms with Crippen LogP contribution in [0.25, 0.3) is 0 Å². The Hall–Kier alpha value is -2.96. The standard InChI is InChI=1S/C27H30N2O3S/c1-20-8-12-23(13-9-20)26(22-6-4-3-5-7-22)28-27(30)24-16-18-29(19-17-24)33(31,32)25-14-10-21(2)11-15-25/h3-15,24,26H,16-19H2,1-2H3,(H,28,30)/t26-/m1/s1. The molecular weight excluding hydrogens is 432 g/mol. The number of nitrogens with zero attached hydrogens (tertiary/aromatic N) is 1. The van der Waals surface area contributed by atoms with Crippen LogP contribution < -0.4 is 5.32 Å². The van der Waals surface area contributed by atoms with E-state index in [1.807, 2.05) is 80.6 Å². The second-order valence-corrected chi connectivity index (χ2v) is 10.7. The summed E-state index contributed by atoms with van der Waals surface area (Å²) in [4.78, 5) is 13.5. The van der Waals surface area contributed by atoms with Gasteiger partial charge in [-0.1, -0.05) is 77.9 Å². The van der Waals surface area contributed by atoms with Gasteiger partial charge < -0.3 is 5.32 Å². The Kier molecular flexibility index (Phi) is 6.96. The number of benzene rings is 3. The van der Waals surface area contributed by atoms with Crippen LogP contribution in [0.5, 0.6) is 0 Å². The molecule has 0 aromatic heterocycles. The van der Waals surface area contributed by atoms with Gasteiger partial charge in [-0.05, 0) is 49.9 Å². The van der Waals surface area contributed by atoms with Gasteiger partial charge in [0.15, 0.2) is 0 Å². The molecule has 0 bridgehead atoms. The molecular formula is C27H30N2O3S. The number of hydrogen-bond acceptors (Lipinski definition) is 3. The van der Waals surface area contributed by atoms with E-state index in [-0.39, 0.29) is 17.9 Å². The number of rotatable bonds is 6. The van der Waals surface area contributed by atoms with Crippen LogP contribution in [0.2, 0.25) is 0 Å². The van der Waals surface area contributed by atoms with Crippen molar-refractivity contribution in [3.8, 4) is 0 Å². The van der Waals surface area contributed by atoms with Gasteiger partial charge in [0, 0.05) is 19.0 Å². The summed E-state index contributed by atoms with van der Waals surface area (Å²) in [6.07, 6.45) is 1.01. The van der Waals surface area contributed by atoms with E-state index in [1.54, 1.807) is 12.1 Å². The van der Waals surface area contributed by atoms with Gasteiger partial charge in [0.2, 0.25) is 15.9 Å². The highest BCUT2D eigenvalue weighted by atomic mass is 32.2. The number of aryl methyl sites for hydroxylation is 2. The van der Waals surface area contributed by atoms with Gasteiger partial charge in [-0.3, -0.25) is 4.79 Å². The summed E-state index contributed by atoms with van der Waals surface area (Å²) in [7, 11) is -3.54. The van der Waals surface area contributed by atoms with Crippen molar-refractivity contribution < 1.29 is 13.2 Å². The zero-order valence-corrected chi connectivity index (χ0v) is 19.9. The largest absolute Gasteiger partial charge is 0.345 e. The van der Waals surface area contributed by atoms with E-state index in [0.29, 0.717) is 30.8 Å². The SMILES string of the molecule is Cc1ccc([C@H](NC(=O)C2CCN(S(=O)(=O)c3ccc(C)cc3)CC2)c2ccccc2)cc1. The molecule has 1 fully saturated rings. The summed E-state index contributed by atoms with van der Waals surface area (Å²) in [5.74, 6) is -0.247. The van der Waals surface area contributed by atoms with Gasteiger partial charge in [0.05, 0.1) is 10.9 Å². The predicted octanol–water partition coefficient (Wildman–Crippen LogP) is 4.61. The predicted molar refractivity (Wildman–Crippen MR) is 130 cm³/mol. The molecule has 1 heterocycles.